The summed E-state index contributed by atoms with van der Waals surface area (Å²) in [7, 11) is 1.55. The molecule has 0 atom stereocenters. The van der Waals surface area contributed by atoms with E-state index in [2.05, 4.69) is 15.5 Å². The first-order valence-corrected chi connectivity index (χ1v) is 8.38. The fourth-order valence-corrected chi connectivity index (χ4v) is 2.52. The summed E-state index contributed by atoms with van der Waals surface area (Å²) in [5.74, 6) is 0.988. The van der Waals surface area contributed by atoms with Gasteiger partial charge in [-0.1, -0.05) is 0 Å². The number of amides is 1. The number of methoxy groups -OCH3 is 1. The molecule has 0 saturated heterocycles. The van der Waals surface area contributed by atoms with Gasteiger partial charge in [0.2, 0.25) is 0 Å². The number of carbonyl (C=O) groups is 1. The molecular formula is C20H19N3O4. The van der Waals surface area contributed by atoms with Crippen LogP contribution in [0.2, 0.25) is 0 Å². The monoisotopic (exact) mass is 365 g/mol. The summed E-state index contributed by atoms with van der Waals surface area (Å²) in [5.41, 5.74) is 3.56. The van der Waals surface area contributed by atoms with Gasteiger partial charge < -0.3 is 14.5 Å². The second kappa shape index (κ2) is 8.18. The van der Waals surface area contributed by atoms with Gasteiger partial charge in [-0.15, -0.1) is 0 Å². The molecule has 1 aromatic heterocycles. The summed E-state index contributed by atoms with van der Waals surface area (Å²) in [5, 5.41) is 4.69. The van der Waals surface area contributed by atoms with Gasteiger partial charge in [-0.2, -0.15) is 5.10 Å². The van der Waals surface area contributed by atoms with Gasteiger partial charge in [-0.3, -0.25) is 9.59 Å². The lowest BCUT2D eigenvalue weighted by Crippen LogP contribution is -2.19. The molecule has 0 unspecified atom stereocenters. The molecule has 0 aliphatic rings. The van der Waals surface area contributed by atoms with Crippen molar-refractivity contribution in [1.29, 1.82) is 0 Å². The molecule has 2 aromatic carbocycles. The van der Waals surface area contributed by atoms with E-state index in [0.29, 0.717) is 34.7 Å². The van der Waals surface area contributed by atoms with Crippen LogP contribution in [0, 0.1) is 0 Å². The zero-order valence-electron chi connectivity index (χ0n) is 15.0. The molecular weight excluding hydrogens is 346 g/mol. The normalized spacial score (nSPS) is 10.9. The molecule has 138 valence electrons. The molecule has 1 heterocycles. The Kier molecular flexibility index (Phi) is 5.51. The molecule has 0 aliphatic heterocycles. The fraction of sp³-hybridized carbons (Fsp3) is 0.150. The van der Waals surface area contributed by atoms with E-state index in [0.717, 1.165) is 5.39 Å². The molecule has 0 fully saturated rings. The SMILES string of the molecule is CCOc1ccc2[nH]c(=O)c(/C=N\NC(=O)c3ccc(OC)cc3)cc2c1. The van der Waals surface area contributed by atoms with Gasteiger partial charge in [0.1, 0.15) is 11.5 Å². The number of fused-ring (bicyclic) bond motifs is 1. The van der Waals surface area contributed by atoms with Gasteiger partial charge >= 0.3 is 0 Å². The maximum absolute atomic E-state index is 12.2. The lowest BCUT2D eigenvalue weighted by molar-refractivity contribution is 0.0955. The molecule has 0 spiro atoms. The molecule has 0 aliphatic carbocycles. The number of H-pyrrole nitrogens is 1. The minimum Gasteiger partial charge on any atom is -0.497 e. The van der Waals surface area contributed by atoms with Gasteiger partial charge in [0.25, 0.3) is 11.5 Å². The zero-order valence-corrected chi connectivity index (χ0v) is 15.0. The number of aromatic nitrogens is 1. The number of ether oxygens (including phenoxy) is 2. The Labute approximate surface area is 155 Å². The fourth-order valence-electron chi connectivity index (χ4n) is 2.52. The second-order valence-corrected chi connectivity index (χ2v) is 5.66. The summed E-state index contributed by atoms with van der Waals surface area (Å²) in [6.45, 7) is 2.46. The number of hydrazone groups is 1. The highest BCUT2D eigenvalue weighted by Crippen LogP contribution is 2.18. The van der Waals surface area contributed by atoms with Crippen molar-refractivity contribution in [3.05, 3.63) is 70.0 Å². The van der Waals surface area contributed by atoms with Crippen LogP contribution in [0.4, 0.5) is 0 Å². The topological polar surface area (TPSA) is 92.8 Å². The van der Waals surface area contributed by atoms with E-state index in [-0.39, 0.29) is 11.5 Å². The maximum Gasteiger partial charge on any atom is 0.271 e. The van der Waals surface area contributed by atoms with E-state index < -0.39 is 0 Å². The number of benzene rings is 2. The number of rotatable bonds is 6. The summed E-state index contributed by atoms with van der Waals surface area (Å²) < 4.78 is 10.5. The molecule has 3 rings (SSSR count). The first-order valence-electron chi connectivity index (χ1n) is 8.38. The number of aromatic amines is 1. The van der Waals surface area contributed by atoms with Crippen LogP contribution in [0.5, 0.6) is 11.5 Å². The van der Waals surface area contributed by atoms with Crippen LogP contribution in [0.1, 0.15) is 22.8 Å². The van der Waals surface area contributed by atoms with Gasteiger partial charge in [-0.05, 0) is 55.5 Å². The maximum atomic E-state index is 12.2. The number of hydrogen-bond acceptors (Lipinski definition) is 5. The van der Waals surface area contributed by atoms with Crippen molar-refractivity contribution >= 4 is 23.0 Å². The Hall–Kier alpha value is -3.61. The Bertz CT molecular complexity index is 1040. The number of carbonyl (C=O) groups excluding carboxylic acids is 1. The Morgan fingerprint density at radius 3 is 2.59 bits per heavy atom. The predicted octanol–water partition coefficient (Wildman–Crippen LogP) is 2.70. The molecule has 27 heavy (non-hydrogen) atoms. The minimum absolute atomic E-state index is 0.297. The third kappa shape index (κ3) is 4.33. The molecule has 3 aromatic rings. The second-order valence-electron chi connectivity index (χ2n) is 5.66. The molecule has 2 N–H and O–H groups in total. The third-order valence-corrected chi connectivity index (χ3v) is 3.88. The Balaban J connectivity index is 1.77. The highest BCUT2D eigenvalue weighted by Gasteiger charge is 2.05. The van der Waals surface area contributed by atoms with E-state index in [4.69, 9.17) is 9.47 Å². The number of nitrogens with one attached hydrogen (secondary N) is 2. The smallest absolute Gasteiger partial charge is 0.271 e. The molecule has 0 radical (unpaired) electrons. The van der Waals surface area contributed by atoms with Crippen molar-refractivity contribution in [2.45, 2.75) is 6.92 Å². The number of hydrogen-bond donors (Lipinski definition) is 2. The molecule has 7 heteroatoms. The molecule has 0 bridgehead atoms. The van der Waals surface area contributed by atoms with Gasteiger partial charge in [0.05, 0.1) is 25.5 Å². The van der Waals surface area contributed by atoms with Crippen LogP contribution in [0.25, 0.3) is 10.9 Å². The van der Waals surface area contributed by atoms with Crippen LogP contribution in [-0.2, 0) is 0 Å². The first kappa shape index (κ1) is 18.2. The van der Waals surface area contributed by atoms with Gasteiger partial charge in [0.15, 0.2) is 0 Å². The highest BCUT2D eigenvalue weighted by atomic mass is 16.5. The van der Waals surface area contributed by atoms with E-state index in [9.17, 15) is 9.59 Å². The average molecular weight is 365 g/mol. The van der Waals surface area contributed by atoms with E-state index >= 15 is 0 Å². The zero-order chi connectivity index (χ0) is 19.2. The Morgan fingerprint density at radius 1 is 1.15 bits per heavy atom. The van der Waals surface area contributed by atoms with Crippen molar-refractivity contribution in [2.24, 2.45) is 5.10 Å². The number of nitrogens with zero attached hydrogens (tertiary/aromatic N) is 1. The van der Waals surface area contributed by atoms with Crippen molar-refractivity contribution in [2.75, 3.05) is 13.7 Å². The first-order chi connectivity index (χ1) is 13.1. The van der Waals surface area contributed by atoms with E-state index in [1.165, 1.54) is 6.21 Å². The largest absolute Gasteiger partial charge is 0.497 e. The third-order valence-electron chi connectivity index (χ3n) is 3.88. The van der Waals surface area contributed by atoms with Crippen LogP contribution in [-0.4, -0.2) is 30.8 Å². The predicted molar refractivity (Wildman–Crippen MR) is 104 cm³/mol. The van der Waals surface area contributed by atoms with Crippen molar-refractivity contribution in [1.82, 2.24) is 10.4 Å². The van der Waals surface area contributed by atoms with E-state index in [1.54, 1.807) is 49.6 Å². The lowest BCUT2D eigenvalue weighted by Gasteiger charge is -2.05. The summed E-state index contributed by atoms with van der Waals surface area (Å²) in [4.78, 5) is 27.0. The summed E-state index contributed by atoms with van der Waals surface area (Å²) in [6.07, 6.45) is 1.31. The lowest BCUT2D eigenvalue weighted by atomic mass is 10.1. The summed E-state index contributed by atoms with van der Waals surface area (Å²) in [6, 6.07) is 13.7. The van der Waals surface area contributed by atoms with Crippen molar-refractivity contribution < 1.29 is 14.3 Å². The van der Waals surface area contributed by atoms with Crippen molar-refractivity contribution in [3.8, 4) is 11.5 Å². The van der Waals surface area contributed by atoms with Gasteiger partial charge in [-0.25, -0.2) is 5.43 Å². The minimum atomic E-state index is -0.384. The molecule has 0 saturated carbocycles. The van der Waals surface area contributed by atoms with Crippen LogP contribution >= 0.6 is 0 Å². The highest BCUT2D eigenvalue weighted by molar-refractivity contribution is 5.95. The van der Waals surface area contributed by atoms with E-state index in [1.807, 2.05) is 13.0 Å². The standard InChI is InChI=1S/C20H19N3O4/c1-3-27-17-8-9-18-14(11-17)10-15(19(24)22-18)12-21-23-20(25)13-4-6-16(26-2)7-5-13/h4-12H,3H2,1-2H3,(H,22,24)(H,23,25)/b21-12-. The van der Waals surface area contributed by atoms with Crippen molar-refractivity contribution in [3.63, 3.8) is 0 Å². The Morgan fingerprint density at radius 2 is 1.89 bits per heavy atom. The quantitative estimate of drug-likeness (QED) is 0.519. The van der Waals surface area contributed by atoms with Crippen LogP contribution < -0.4 is 20.5 Å². The molecule has 7 nitrogen and oxygen atoms in total. The average Bonchev–Trinajstić information content (AvgIpc) is 2.69. The van der Waals surface area contributed by atoms with Crippen LogP contribution in [0.3, 0.4) is 0 Å². The van der Waals surface area contributed by atoms with Crippen LogP contribution in [0.15, 0.2) is 58.4 Å². The number of pyridine rings is 1. The molecule has 1 amide bonds. The van der Waals surface area contributed by atoms with Gasteiger partial charge in [0, 0.05) is 16.5 Å². The summed E-state index contributed by atoms with van der Waals surface area (Å²) >= 11 is 0.